The topological polar surface area (TPSA) is 59.2 Å². The van der Waals surface area contributed by atoms with Gasteiger partial charge >= 0.3 is 0 Å². The summed E-state index contributed by atoms with van der Waals surface area (Å²) in [6.07, 6.45) is 6.52. The Morgan fingerprint density at radius 3 is 3.06 bits per heavy atom. The molecule has 17 heavy (non-hydrogen) atoms. The SMILES string of the molecule is C[C@H](N)[C@H]1CCCCN1C(=O)c1cccnc1. The van der Waals surface area contributed by atoms with Crippen molar-refractivity contribution in [2.24, 2.45) is 5.73 Å². The Balaban J connectivity index is 2.17. The number of pyridine rings is 1. The number of hydrogen-bond acceptors (Lipinski definition) is 3. The summed E-state index contributed by atoms with van der Waals surface area (Å²) in [5.41, 5.74) is 6.62. The zero-order chi connectivity index (χ0) is 12.3. The molecule has 1 aromatic heterocycles. The molecule has 1 aromatic rings. The van der Waals surface area contributed by atoms with E-state index in [1.807, 2.05) is 17.9 Å². The van der Waals surface area contributed by atoms with Crippen molar-refractivity contribution in [1.82, 2.24) is 9.88 Å². The van der Waals surface area contributed by atoms with Crippen LogP contribution in [0.25, 0.3) is 0 Å². The quantitative estimate of drug-likeness (QED) is 0.840. The van der Waals surface area contributed by atoms with Crippen molar-refractivity contribution < 1.29 is 4.79 Å². The molecule has 4 nitrogen and oxygen atoms in total. The van der Waals surface area contributed by atoms with Crippen LogP contribution in [0.5, 0.6) is 0 Å². The fourth-order valence-electron chi connectivity index (χ4n) is 2.41. The van der Waals surface area contributed by atoms with Gasteiger partial charge in [0, 0.05) is 31.0 Å². The molecule has 1 aliphatic rings. The summed E-state index contributed by atoms with van der Waals surface area (Å²) in [4.78, 5) is 18.2. The minimum Gasteiger partial charge on any atom is -0.334 e. The number of likely N-dealkylation sites (tertiary alicyclic amines) is 1. The zero-order valence-electron chi connectivity index (χ0n) is 10.2. The molecule has 0 spiro atoms. The van der Waals surface area contributed by atoms with Gasteiger partial charge in [-0.3, -0.25) is 9.78 Å². The summed E-state index contributed by atoms with van der Waals surface area (Å²) < 4.78 is 0. The lowest BCUT2D eigenvalue weighted by molar-refractivity contribution is 0.0583. The number of aromatic nitrogens is 1. The van der Waals surface area contributed by atoms with Gasteiger partial charge in [-0.25, -0.2) is 0 Å². The molecule has 0 unspecified atom stereocenters. The molecule has 0 radical (unpaired) electrons. The summed E-state index contributed by atoms with van der Waals surface area (Å²) in [6, 6.07) is 3.78. The summed E-state index contributed by atoms with van der Waals surface area (Å²) >= 11 is 0. The van der Waals surface area contributed by atoms with Gasteiger partial charge in [0.05, 0.1) is 5.56 Å². The molecule has 0 saturated carbocycles. The minimum atomic E-state index is 0.0240. The van der Waals surface area contributed by atoms with Crippen LogP contribution in [0, 0.1) is 0 Å². The van der Waals surface area contributed by atoms with E-state index in [1.54, 1.807) is 18.5 Å². The van der Waals surface area contributed by atoms with E-state index in [9.17, 15) is 4.79 Å². The molecule has 4 heteroatoms. The predicted molar refractivity (Wildman–Crippen MR) is 66.6 cm³/mol. The predicted octanol–water partition coefficient (Wildman–Crippen LogP) is 1.42. The van der Waals surface area contributed by atoms with Crippen molar-refractivity contribution in [2.45, 2.75) is 38.3 Å². The number of rotatable bonds is 2. The average Bonchev–Trinajstić information content (AvgIpc) is 2.39. The lowest BCUT2D eigenvalue weighted by Gasteiger charge is -2.38. The number of hydrogen-bond donors (Lipinski definition) is 1. The molecule has 0 bridgehead atoms. The number of amides is 1. The Morgan fingerprint density at radius 2 is 2.41 bits per heavy atom. The van der Waals surface area contributed by atoms with Crippen molar-refractivity contribution in [2.75, 3.05) is 6.54 Å². The van der Waals surface area contributed by atoms with Crippen LogP contribution in [0.4, 0.5) is 0 Å². The third-order valence-corrected chi connectivity index (χ3v) is 3.33. The molecule has 1 saturated heterocycles. The highest BCUT2D eigenvalue weighted by atomic mass is 16.2. The van der Waals surface area contributed by atoms with E-state index in [-0.39, 0.29) is 18.0 Å². The van der Waals surface area contributed by atoms with Gasteiger partial charge in [-0.05, 0) is 38.3 Å². The van der Waals surface area contributed by atoms with E-state index in [1.165, 1.54) is 0 Å². The monoisotopic (exact) mass is 233 g/mol. The normalized spacial score (nSPS) is 22.2. The second-order valence-electron chi connectivity index (χ2n) is 4.66. The minimum absolute atomic E-state index is 0.0240. The van der Waals surface area contributed by atoms with E-state index in [0.29, 0.717) is 5.56 Å². The zero-order valence-corrected chi connectivity index (χ0v) is 10.2. The highest BCUT2D eigenvalue weighted by Gasteiger charge is 2.29. The number of carbonyl (C=O) groups is 1. The van der Waals surface area contributed by atoms with E-state index in [2.05, 4.69) is 4.98 Å². The Morgan fingerprint density at radius 1 is 1.59 bits per heavy atom. The third-order valence-electron chi connectivity index (χ3n) is 3.33. The average molecular weight is 233 g/mol. The van der Waals surface area contributed by atoms with Crippen LogP contribution in [0.15, 0.2) is 24.5 Å². The van der Waals surface area contributed by atoms with Crippen molar-refractivity contribution in [3.63, 3.8) is 0 Å². The van der Waals surface area contributed by atoms with E-state index in [4.69, 9.17) is 5.73 Å². The lowest BCUT2D eigenvalue weighted by Crippen LogP contribution is -2.51. The van der Waals surface area contributed by atoms with E-state index < -0.39 is 0 Å². The summed E-state index contributed by atoms with van der Waals surface area (Å²) in [5, 5.41) is 0. The van der Waals surface area contributed by atoms with E-state index in [0.717, 1.165) is 25.8 Å². The molecule has 2 atom stereocenters. The fraction of sp³-hybridized carbons (Fsp3) is 0.538. The fourth-order valence-corrected chi connectivity index (χ4v) is 2.41. The number of piperidine rings is 1. The van der Waals surface area contributed by atoms with Gasteiger partial charge in [0.1, 0.15) is 0 Å². The molecule has 2 heterocycles. The van der Waals surface area contributed by atoms with Gasteiger partial charge < -0.3 is 10.6 Å². The second-order valence-corrected chi connectivity index (χ2v) is 4.66. The van der Waals surface area contributed by atoms with Crippen LogP contribution in [-0.4, -0.2) is 34.4 Å². The van der Waals surface area contributed by atoms with Gasteiger partial charge in [0.25, 0.3) is 5.91 Å². The first-order valence-corrected chi connectivity index (χ1v) is 6.16. The van der Waals surface area contributed by atoms with Crippen LogP contribution < -0.4 is 5.73 Å². The van der Waals surface area contributed by atoms with Crippen molar-refractivity contribution in [3.8, 4) is 0 Å². The molecule has 1 aliphatic heterocycles. The smallest absolute Gasteiger partial charge is 0.255 e. The number of nitrogens with two attached hydrogens (primary N) is 1. The van der Waals surface area contributed by atoms with Gasteiger partial charge in [-0.15, -0.1) is 0 Å². The highest BCUT2D eigenvalue weighted by Crippen LogP contribution is 2.21. The molecular formula is C13H19N3O. The second kappa shape index (κ2) is 5.27. The highest BCUT2D eigenvalue weighted by molar-refractivity contribution is 5.94. The van der Waals surface area contributed by atoms with Gasteiger partial charge in [0.2, 0.25) is 0 Å². The van der Waals surface area contributed by atoms with Crippen LogP contribution in [0.1, 0.15) is 36.5 Å². The molecule has 1 amide bonds. The first-order chi connectivity index (χ1) is 8.20. The Hall–Kier alpha value is -1.42. The van der Waals surface area contributed by atoms with Crippen LogP contribution in [-0.2, 0) is 0 Å². The molecule has 1 fully saturated rings. The molecule has 0 aromatic carbocycles. The van der Waals surface area contributed by atoms with Gasteiger partial charge in [-0.1, -0.05) is 0 Å². The van der Waals surface area contributed by atoms with Crippen LogP contribution in [0.3, 0.4) is 0 Å². The van der Waals surface area contributed by atoms with Crippen molar-refractivity contribution in [1.29, 1.82) is 0 Å². The Kier molecular flexibility index (Phi) is 3.74. The molecule has 92 valence electrons. The number of carbonyl (C=O) groups excluding carboxylic acids is 1. The molecular weight excluding hydrogens is 214 g/mol. The number of nitrogens with zero attached hydrogens (tertiary/aromatic N) is 2. The van der Waals surface area contributed by atoms with Crippen LogP contribution >= 0.6 is 0 Å². The van der Waals surface area contributed by atoms with Crippen molar-refractivity contribution in [3.05, 3.63) is 30.1 Å². The van der Waals surface area contributed by atoms with Crippen molar-refractivity contribution >= 4 is 5.91 Å². The molecule has 2 N–H and O–H groups in total. The molecule has 0 aliphatic carbocycles. The van der Waals surface area contributed by atoms with Gasteiger partial charge in [0.15, 0.2) is 0 Å². The summed E-state index contributed by atoms with van der Waals surface area (Å²) in [7, 11) is 0. The maximum Gasteiger partial charge on any atom is 0.255 e. The largest absolute Gasteiger partial charge is 0.334 e. The maximum atomic E-state index is 12.3. The Bertz CT molecular complexity index is 378. The third kappa shape index (κ3) is 2.64. The first kappa shape index (κ1) is 12.0. The summed E-state index contributed by atoms with van der Waals surface area (Å²) in [5.74, 6) is 0.0556. The standard InChI is InChI=1S/C13H19N3O/c1-10(14)12-6-2-3-8-16(12)13(17)11-5-4-7-15-9-11/h4-5,7,9-10,12H,2-3,6,8,14H2,1H3/t10-,12+/m0/s1. The van der Waals surface area contributed by atoms with E-state index >= 15 is 0 Å². The maximum absolute atomic E-state index is 12.3. The summed E-state index contributed by atoms with van der Waals surface area (Å²) in [6.45, 7) is 2.78. The van der Waals surface area contributed by atoms with Crippen LogP contribution in [0.2, 0.25) is 0 Å². The Labute approximate surface area is 102 Å². The first-order valence-electron chi connectivity index (χ1n) is 6.16. The van der Waals surface area contributed by atoms with Gasteiger partial charge in [-0.2, -0.15) is 0 Å². The lowest BCUT2D eigenvalue weighted by atomic mass is 9.96. The molecule has 2 rings (SSSR count).